The lowest BCUT2D eigenvalue weighted by Crippen LogP contribution is -2.56. The van der Waals surface area contributed by atoms with Gasteiger partial charge in [0.1, 0.15) is 30.3 Å². The standard InChI is InChI=1S/C49H56BrN12O6P/c1-29-25-38(55-49-53-28-35(50)45(57-49)54-37-8-7-36-43(52-16-15-51-36)44(37)69(3,4)67)41(68-2)27-40(29)61-19-13-31(14-20-61)60-23-21-59(22-24-60)30-11-17-58(18-12-30)32-5-6-33-34(26-32)48(66)62(47(33)65)39-9-10-42(63)56-46(39)64/h5-8,15-16,25-28,30-31,39H,9-14,17-24H2,1-4H3,(H,56,63,64)(H2,53,54,55,57). The molecule has 2 aromatic heterocycles. The van der Waals surface area contributed by atoms with E-state index in [9.17, 15) is 23.7 Å². The van der Waals surface area contributed by atoms with E-state index in [0.29, 0.717) is 67.2 Å². The van der Waals surface area contributed by atoms with E-state index in [1.807, 2.05) is 18.2 Å². The van der Waals surface area contributed by atoms with Crippen LogP contribution in [0.25, 0.3) is 11.0 Å². The molecule has 0 aliphatic carbocycles. The van der Waals surface area contributed by atoms with Gasteiger partial charge in [-0.15, -0.1) is 0 Å². The molecular formula is C49H56BrN12O6P. The van der Waals surface area contributed by atoms with E-state index < -0.39 is 30.9 Å². The van der Waals surface area contributed by atoms with Crippen LogP contribution in [0.1, 0.15) is 64.8 Å². The monoisotopic (exact) mass is 1020 g/mol. The first kappa shape index (κ1) is 46.7. The zero-order valence-corrected chi connectivity index (χ0v) is 41.7. The van der Waals surface area contributed by atoms with Gasteiger partial charge in [-0.05, 0) is 110 Å². The van der Waals surface area contributed by atoms with E-state index in [1.165, 1.54) is 0 Å². The number of piperidine rings is 3. The topological polar surface area (TPSA) is 198 Å². The van der Waals surface area contributed by atoms with E-state index in [1.54, 1.807) is 51.2 Å². The predicted molar refractivity (Wildman–Crippen MR) is 269 cm³/mol. The second-order valence-corrected chi connectivity index (χ2v) is 22.9. The van der Waals surface area contributed by atoms with Crippen molar-refractivity contribution in [3.8, 4) is 5.75 Å². The third kappa shape index (κ3) is 9.29. The van der Waals surface area contributed by atoms with Gasteiger partial charge in [0.2, 0.25) is 17.8 Å². The van der Waals surface area contributed by atoms with Gasteiger partial charge in [0, 0.05) is 107 Å². The summed E-state index contributed by atoms with van der Waals surface area (Å²) in [6.07, 6.45) is 9.34. The predicted octanol–water partition coefficient (Wildman–Crippen LogP) is 5.89. The van der Waals surface area contributed by atoms with Crippen LogP contribution in [-0.2, 0) is 14.2 Å². The second-order valence-electron chi connectivity index (χ2n) is 18.9. The molecule has 4 fully saturated rings. The quantitative estimate of drug-likeness (QED) is 0.104. The molecule has 4 amide bonds. The summed E-state index contributed by atoms with van der Waals surface area (Å²) in [5, 5.41) is 9.62. The molecule has 0 saturated carbocycles. The summed E-state index contributed by atoms with van der Waals surface area (Å²) in [5.41, 5.74) is 6.45. The van der Waals surface area contributed by atoms with Gasteiger partial charge in [-0.25, -0.2) is 4.98 Å². The van der Waals surface area contributed by atoms with Crippen LogP contribution in [0.5, 0.6) is 5.75 Å². The summed E-state index contributed by atoms with van der Waals surface area (Å²) < 4.78 is 20.1. The van der Waals surface area contributed by atoms with Crippen LogP contribution in [-0.4, -0.2) is 149 Å². The Bertz CT molecular complexity index is 2910. The number of aryl methyl sites for hydroxylation is 1. The van der Waals surface area contributed by atoms with Gasteiger partial charge in [-0.1, -0.05) is 0 Å². The largest absolute Gasteiger partial charge is 0.494 e. The Hall–Kier alpha value is -6.01. The van der Waals surface area contributed by atoms with Crippen LogP contribution in [0.15, 0.2) is 65.5 Å². The molecule has 5 aliphatic rings. The summed E-state index contributed by atoms with van der Waals surface area (Å²) in [6, 6.07) is 13.4. The lowest BCUT2D eigenvalue weighted by Gasteiger charge is -2.46. The molecular weight excluding hydrogens is 963 g/mol. The number of aromatic nitrogens is 4. The lowest BCUT2D eigenvalue weighted by atomic mass is 9.98. The van der Waals surface area contributed by atoms with Crippen molar-refractivity contribution in [2.45, 2.75) is 63.6 Å². The number of nitrogens with one attached hydrogen (secondary N) is 3. The molecule has 5 aromatic rings. The number of rotatable bonds is 11. The van der Waals surface area contributed by atoms with Crippen molar-refractivity contribution in [3.05, 3.63) is 82.2 Å². The van der Waals surface area contributed by atoms with E-state index in [2.05, 4.69) is 85.5 Å². The molecule has 3 N–H and O–H groups in total. The van der Waals surface area contributed by atoms with Crippen molar-refractivity contribution in [1.82, 2.24) is 40.0 Å². The number of piperazine rings is 1. The Labute approximate surface area is 409 Å². The molecule has 18 nitrogen and oxygen atoms in total. The maximum absolute atomic E-state index is 13.5. The van der Waals surface area contributed by atoms with Crippen LogP contribution in [0.3, 0.4) is 0 Å². The summed E-state index contributed by atoms with van der Waals surface area (Å²) in [6.45, 7) is 13.4. The highest BCUT2D eigenvalue weighted by molar-refractivity contribution is 9.10. The first-order valence-electron chi connectivity index (χ1n) is 23.6. The van der Waals surface area contributed by atoms with Gasteiger partial charge >= 0.3 is 0 Å². The van der Waals surface area contributed by atoms with E-state index in [4.69, 9.17) is 9.72 Å². The number of fused-ring (bicyclic) bond motifs is 2. The SMILES string of the molecule is COc1cc(N2CCC(N3CCN(C4CCN(c5ccc6c(c5)C(=O)N(C5CCC(=O)NC5=O)C6=O)CC4)CC3)CC2)c(C)cc1Nc1ncc(Br)c(Nc2ccc3nccnc3c2P(C)(C)=O)n1. The zero-order chi connectivity index (χ0) is 48.1. The molecule has 4 saturated heterocycles. The van der Waals surface area contributed by atoms with Crippen molar-refractivity contribution < 1.29 is 28.5 Å². The third-order valence-electron chi connectivity index (χ3n) is 14.4. The van der Waals surface area contributed by atoms with E-state index in [0.717, 1.165) is 106 Å². The van der Waals surface area contributed by atoms with Gasteiger partial charge in [0.15, 0.2) is 0 Å². The molecule has 0 bridgehead atoms. The molecule has 5 aliphatic heterocycles. The van der Waals surface area contributed by atoms with Crippen molar-refractivity contribution in [3.63, 3.8) is 0 Å². The molecule has 360 valence electrons. The van der Waals surface area contributed by atoms with Crippen molar-refractivity contribution >= 4 is 97.6 Å². The molecule has 0 spiro atoms. The minimum absolute atomic E-state index is 0.0948. The first-order valence-corrected chi connectivity index (χ1v) is 27.0. The summed E-state index contributed by atoms with van der Waals surface area (Å²) in [5.74, 6) is -0.388. The molecule has 1 atom stereocenters. The maximum atomic E-state index is 13.5. The summed E-state index contributed by atoms with van der Waals surface area (Å²) in [7, 11) is -1.11. The summed E-state index contributed by atoms with van der Waals surface area (Å²) in [4.78, 5) is 80.2. The number of benzene rings is 3. The Morgan fingerprint density at radius 2 is 1.42 bits per heavy atom. The van der Waals surface area contributed by atoms with Gasteiger partial charge in [0.25, 0.3) is 11.8 Å². The van der Waals surface area contributed by atoms with Gasteiger partial charge in [-0.2, -0.15) is 4.98 Å². The number of halogens is 1. The van der Waals surface area contributed by atoms with Crippen LogP contribution in [0.2, 0.25) is 0 Å². The average molecular weight is 1020 g/mol. The van der Waals surface area contributed by atoms with Crippen LogP contribution < -0.4 is 35.8 Å². The van der Waals surface area contributed by atoms with Crippen LogP contribution in [0.4, 0.5) is 34.5 Å². The smallest absolute Gasteiger partial charge is 0.262 e. The fraction of sp³-hybridized carbons (Fsp3) is 0.429. The Morgan fingerprint density at radius 3 is 2.09 bits per heavy atom. The fourth-order valence-corrected chi connectivity index (χ4v) is 12.5. The minimum atomic E-state index is -2.78. The summed E-state index contributed by atoms with van der Waals surface area (Å²) >= 11 is 3.59. The maximum Gasteiger partial charge on any atom is 0.262 e. The average Bonchev–Trinajstić information content (AvgIpc) is 3.59. The molecule has 7 heterocycles. The number of imide groups is 2. The van der Waals surface area contributed by atoms with Crippen LogP contribution >= 0.6 is 23.1 Å². The number of hydrogen-bond acceptors (Lipinski definition) is 16. The molecule has 1 unspecified atom stereocenters. The normalized spacial score (nSPS) is 20.1. The van der Waals surface area contributed by atoms with Gasteiger partial charge in [0.05, 0.1) is 44.9 Å². The number of ether oxygens (including phenoxy) is 1. The number of hydrogen-bond donors (Lipinski definition) is 3. The fourth-order valence-electron chi connectivity index (χ4n) is 10.8. The highest BCUT2D eigenvalue weighted by Gasteiger charge is 2.45. The molecule has 69 heavy (non-hydrogen) atoms. The zero-order valence-electron chi connectivity index (χ0n) is 39.2. The number of anilines is 6. The minimum Gasteiger partial charge on any atom is -0.494 e. The number of nitrogens with zero attached hydrogens (tertiary/aromatic N) is 9. The van der Waals surface area contributed by atoms with E-state index >= 15 is 0 Å². The number of carbonyl (C=O) groups is 4. The van der Waals surface area contributed by atoms with E-state index in [-0.39, 0.29) is 18.7 Å². The Morgan fingerprint density at radius 1 is 0.754 bits per heavy atom. The third-order valence-corrected chi connectivity index (χ3v) is 16.5. The van der Waals surface area contributed by atoms with Crippen molar-refractivity contribution in [1.29, 1.82) is 0 Å². The Kier molecular flexibility index (Phi) is 12.9. The first-order chi connectivity index (χ1) is 33.2. The van der Waals surface area contributed by atoms with Crippen molar-refractivity contribution in [2.75, 3.05) is 93.2 Å². The number of carbonyl (C=O) groups excluding carboxylic acids is 4. The molecule has 3 aromatic carbocycles. The molecule has 10 rings (SSSR count). The number of methoxy groups -OCH3 is 1. The molecule has 20 heteroatoms. The molecule has 0 radical (unpaired) electrons. The highest BCUT2D eigenvalue weighted by atomic mass is 79.9. The number of amides is 4. The van der Waals surface area contributed by atoms with Crippen LogP contribution in [0, 0.1) is 6.92 Å². The van der Waals surface area contributed by atoms with Gasteiger partial charge < -0.3 is 29.7 Å². The Balaban J connectivity index is 0.714. The second kappa shape index (κ2) is 19.1. The lowest BCUT2D eigenvalue weighted by molar-refractivity contribution is -0.136. The van der Waals surface area contributed by atoms with Gasteiger partial charge in [-0.3, -0.25) is 49.2 Å². The highest BCUT2D eigenvalue weighted by Crippen LogP contribution is 2.42. The van der Waals surface area contributed by atoms with Crippen molar-refractivity contribution in [2.24, 2.45) is 0 Å².